The van der Waals surface area contributed by atoms with E-state index in [1.165, 1.54) is 15.9 Å². The molecule has 1 aromatic carbocycles. The maximum absolute atomic E-state index is 13.3. The predicted octanol–water partition coefficient (Wildman–Crippen LogP) is 3.81. The molecule has 0 bridgehead atoms. The van der Waals surface area contributed by atoms with Crippen molar-refractivity contribution in [2.75, 3.05) is 5.75 Å². The van der Waals surface area contributed by atoms with Gasteiger partial charge in [0.15, 0.2) is 17.0 Å². The van der Waals surface area contributed by atoms with E-state index in [1.807, 2.05) is 13.0 Å². The van der Waals surface area contributed by atoms with Gasteiger partial charge in [0.2, 0.25) is 5.82 Å². The molecule has 0 spiro atoms. The summed E-state index contributed by atoms with van der Waals surface area (Å²) in [6, 6.07) is 8.90. The molecule has 0 unspecified atom stereocenters. The molecule has 5 nitrogen and oxygen atoms in total. The molecule has 0 saturated carbocycles. The molecule has 0 fully saturated rings. The Morgan fingerprint density at radius 2 is 1.80 bits per heavy atom. The van der Waals surface area contributed by atoms with E-state index in [0.29, 0.717) is 17.1 Å². The van der Waals surface area contributed by atoms with Gasteiger partial charge in [-0.15, -0.1) is 0 Å². The summed E-state index contributed by atoms with van der Waals surface area (Å²) in [6.07, 6.45) is -4.65. The lowest BCUT2D eigenvalue weighted by atomic mass is 10.2. The molecule has 0 saturated heterocycles. The molecular formula is C16H15F3N4OS. The van der Waals surface area contributed by atoms with Gasteiger partial charge in [0.1, 0.15) is 0 Å². The fourth-order valence-electron chi connectivity index (χ4n) is 2.57. The van der Waals surface area contributed by atoms with Crippen LogP contribution in [0.4, 0.5) is 13.2 Å². The molecule has 0 amide bonds. The number of alkyl halides is 3. The summed E-state index contributed by atoms with van der Waals surface area (Å²) in [5, 5.41) is 0. The monoisotopic (exact) mass is 368 g/mol. The van der Waals surface area contributed by atoms with Crippen molar-refractivity contribution >= 4 is 23.1 Å². The molecule has 0 radical (unpaired) electrons. The van der Waals surface area contributed by atoms with Crippen LogP contribution in [0, 0.1) is 0 Å². The van der Waals surface area contributed by atoms with Crippen molar-refractivity contribution in [2.24, 2.45) is 0 Å². The zero-order valence-corrected chi connectivity index (χ0v) is 14.4. The van der Waals surface area contributed by atoms with Gasteiger partial charge in [-0.05, 0) is 18.9 Å². The number of halogens is 3. The largest absolute Gasteiger partial charge is 0.449 e. The SMILES string of the molecule is CCSn1c(-c2ccccc2)nc2c(nc(C(F)(F)F)n2CC)c1=O. The normalized spacial score (nSPS) is 12.0. The van der Waals surface area contributed by atoms with E-state index >= 15 is 0 Å². The number of fused-ring (bicyclic) bond motifs is 1. The van der Waals surface area contributed by atoms with Gasteiger partial charge in [0.25, 0.3) is 5.56 Å². The predicted molar refractivity (Wildman–Crippen MR) is 91.4 cm³/mol. The number of nitrogens with zero attached hydrogens (tertiary/aromatic N) is 4. The second-order valence-electron chi connectivity index (χ2n) is 5.17. The summed E-state index contributed by atoms with van der Waals surface area (Å²) in [5.74, 6) is -0.228. The summed E-state index contributed by atoms with van der Waals surface area (Å²) in [4.78, 5) is 20.7. The van der Waals surface area contributed by atoms with Gasteiger partial charge in [-0.3, -0.25) is 4.79 Å². The molecule has 132 valence electrons. The third-order valence-corrected chi connectivity index (χ3v) is 4.45. The van der Waals surface area contributed by atoms with Crippen LogP contribution in [0.25, 0.3) is 22.6 Å². The Morgan fingerprint density at radius 3 is 2.36 bits per heavy atom. The van der Waals surface area contributed by atoms with Crippen LogP contribution in [0.15, 0.2) is 35.1 Å². The minimum absolute atomic E-state index is 0.0109. The lowest BCUT2D eigenvalue weighted by molar-refractivity contribution is -0.146. The number of aryl methyl sites for hydroxylation is 1. The van der Waals surface area contributed by atoms with Crippen molar-refractivity contribution in [3.63, 3.8) is 0 Å². The molecule has 2 heterocycles. The van der Waals surface area contributed by atoms with Crippen molar-refractivity contribution in [1.82, 2.24) is 18.5 Å². The molecule has 0 aliphatic rings. The van der Waals surface area contributed by atoms with E-state index in [-0.39, 0.29) is 17.7 Å². The highest BCUT2D eigenvalue weighted by Gasteiger charge is 2.38. The Hall–Kier alpha value is -2.29. The van der Waals surface area contributed by atoms with E-state index in [0.717, 1.165) is 4.57 Å². The summed E-state index contributed by atoms with van der Waals surface area (Å²) >= 11 is 1.18. The summed E-state index contributed by atoms with van der Waals surface area (Å²) in [7, 11) is 0. The second kappa shape index (κ2) is 6.55. The third-order valence-electron chi connectivity index (χ3n) is 3.59. The number of benzene rings is 1. The maximum Gasteiger partial charge on any atom is 0.449 e. The lowest BCUT2D eigenvalue weighted by Gasteiger charge is -2.11. The van der Waals surface area contributed by atoms with E-state index in [9.17, 15) is 18.0 Å². The van der Waals surface area contributed by atoms with Gasteiger partial charge < -0.3 is 4.57 Å². The number of aromatic nitrogens is 4. The Bertz CT molecular complexity index is 963. The number of imidazole rings is 1. The van der Waals surface area contributed by atoms with Crippen LogP contribution in [0.2, 0.25) is 0 Å². The minimum atomic E-state index is -4.65. The summed E-state index contributed by atoms with van der Waals surface area (Å²) < 4.78 is 42.0. The number of hydrogen-bond acceptors (Lipinski definition) is 4. The first-order chi connectivity index (χ1) is 11.9. The van der Waals surface area contributed by atoms with E-state index in [2.05, 4.69) is 9.97 Å². The standard InChI is InChI=1S/C16H15F3N4OS/c1-3-22-13-11(20-15(22)16(17,18)19)14(24)23(25-4-2)12(21-13)10-8-6-5-7-9-10/h5-9H,3-4H2,1-2H3. The van der Waals surface area contributed by atoms with E-state index in [1.54, 1.807) is 31.2 Å². The Balaban J connectivity index is 2.41. The molecule has 0 N–H and O–H groups in total. The van der Waals surface area contributed by atoms with Crippen molar-refractivity contribution in [3.8, 4) is 11.4 Å². The molecule has 0 atom stereocenters. The summed E-state index contributed by atoms with van der Waals surface area (Å²) in [6.45, 7) is 3.42. The minimum Gasteiger partial charge on any atom is -0.305 e. The van der Waals surface area contributed by atoms with Gasteiger partial charge in [-0.2, -0.15) is 13.2 Å². The molecule has 0 aliphatic carbocycles. The van der Waals surface area contributed by atoms with Gasteiger partial charge in [-0.25, -0.2) is 13.9 Å². The fourth-order valence-corrected chi connectivity index (χ4v) is 3.30. The van der Waals surface area contributed by atoms with Crippen molar-refractivity contribution < 1.29 is 13.2 Å². The molecule has 25 heavy (non-hydrogen) atoms. The topological polar surface area (TPSA) is 52.7 Å². The van der Waals surface area contributed by atoms with Crippen molar-refractivity contribution in [1.29, 1.82) is 0 Å². The second-order valence-corrected chi connectivity index (χ2v) is 6.37. The highest BCUT2D eigenvalue weighted by Crippen LogP contribution is 2.31. The highest BCUT2D eigenvalue weighted by molar-refractivity contribution is 7.97. The zero-order valence-electron chi connectivity index (χ0n) is 13.5. The Labute approximate surface area is 145 Å². The van der Waals surface area contributed by atoms with Crippen LogP contribution in [0.1, 0.15) is 19.7 Å². The summed E-state index contributed by atoms with van der Waals surface area (Å²) in [5.41, 5.74) is -0.255. The van der Waals surface area contributed by atoms with Crippen molar-refractivity contribution in [3.05, 3.63) is 46.5 Å². The molecule has 9 heteroatoms. The van der Waals surface area contributed by atoms with Gasteiger partial charge in [-0.1, -0.05) is 37.3 Å². The average molecular weight is 368 g/mol. The molecule has 3 rings (SSSR count). The molecule has 3 aromatic rings. The zero-order chi connectivity index (χ0) is 18.2. The fraction of sp³-hybridized carbons (Fsp3) is 0.312. The average Bonchev–Trinajstić information content (AvgIpc) is 2.97. The van der Waals surface area contributed by atoms with Crippen LogP contribution < -0.4 is 5.56 Å². The quantitative estimate of drug-likeness (QED) is 0.703. The van der Waals surface area contributed by atoms with Crippen LogP contribution in [0.3, 0.4) is 0 Å². The van der Waals surface area contributed by atoms with Crippen LogP contribution in [-0.4, -0.2) is 24.3 Å². The molecular weight excluding hydrogens is 353 g/mol. The third kappa shape index (κ3) is 3.04. The first-order valence-corrected chi connectivity index (χ1v) is 8.61. The first-order valence-electron chi connectivity index (χ1n) is 7.67. The van der Waals surface area contributed by atoms with Gasteiger partial charge >= 0.3 is 6.18 Å². The Kier molecular flexibility index (Phi) is 4.59. The van der Waals surface area contributed by atoms with Crippen LogP contribution in [0.5, 0.6) is 0 Å². The van der Waals surface area contributed by atoms with E-state index < -0.39 is 17.6 Å². The van der Waals surface area contributed by atoms with Crippen molar-refractivity contribution in [2.45, 2.75) is 26.6 Å². The Morgan fingerprint density at radius 1 is 1.12 bits per heavy atom. The number of hydrogen-bond donors (Lipinski definition) is 0. The maximum atomic E-state index is 13.3. The van der Waals surface area contributed by atoms with Crippen LogP contribution in [-0.2, 0) is 12.7 Å². The smallest absolute Gasteiger partial charge is 0.305 e. The van der Waals surface area contributed by atoms with Gasteiger partial charge in [0.05, 0.1) is 0 Å². The lowest BCUT2D eigenvalue weighted by Crippen LogP contribution is -2.20. The highest BCUT2D eigenvalue weighted by atomic mass is 32.2. The van der Waals surface area contributed by atoms with E-state index in [4.69, 9.17) is 0 Å². The first kappa shape index (κ1) is 17.5. The number of rotatable bonds is 4. The molecule has 2 aromatic heterocycles. The van der Waals surface area contributed by atoms with Gasteiger partial charge in [0, 0.05) is 17.9 Å². The molecule has 0 aliphatic heterocycles. The van der Waals surface area contributed by atoms with Crippen LogP contribution >= 0.6 is 11.9 Å².